The van der Waals surface area contributed by atoms with Crippen molar-refractivity contribution >= 4 is 40.4 Å². The zero-order chi connectivity index (χ0) is 20.2. The zero-order valence-electron chi connectivity index (χ0n) is 15.3. The highest BCUT2D eigenvalue weighted by atomic mass is 35.5. The number of rotatable bonds is 6. The van der Waals surface area contributed by atoms with E-state index in [-0.39, 0.29) is 6.79 Å². The molecule has 1 aliphatic rings. The molecule has 0 unspecified atom stereocenters. The third kappa shape index (κ3) is 4.93. The predicted molar refractivity (Wildman–Crippen MR) is 118 cm³/mol. The normalized spacial score (nSPS) is 11.9. The summed E-state index contributed by atoms with van der Waals surface area (Å²) >= 11 is 17.5. The Labute approximate surface area is 184 Å². The van der Waals surface area contributed by atoms with Crippen molar-refractivity contribution in [3.05, 3.63) is 87.4 Å². The maximum absolute atomic E-state index is 6.05. The van der Waals surface area contributed by atoms with Crippen molar-refractivity contribution in [1.29, 1.82) is 0 Å². The standard InChI is InChI=1S/C22H17Cl2NO3S/c23-18-6-4-15(8-19(18)24)12-26-17-3-1-2-16(10-17)22(29)25-11-14-5-7-20-21(9-14)28-13-27-20/h1-10H,11-13H2,(H,25,29). The van der Waals surface area contributed by atoms with E-state index >= 15 is 0 Å². The average Bonchev–Trinajstić information content (AvgIpc) is 3.21. The number of ether oxygens (including phenoxy) is 3. The fraction of sp³-hybridized carbons (Fsp3) is 0.136. The summed E-state index contributed by atoms with van der Waals surface area (Å²) in [4.78, 5) is 0.641. The van der Waals surface area contributed by atoms with Gasteiger partial charge >= 0.3 is 0 Å². The lowest BCUT2D eigenvalue weighted by atomic mass is 10.1. The summed E-state index contributed by atoms with van der Waals surface area (Å²) < 4.78 is 16.6. The van der Waals surface area contributed by atoms with Gasteiger partial charge in [0.15, 0.2) is 11.5 Å². The molecule has 0 spiro atoms. The molecule has 0 saturated heterocycles. The lowest BCUT2D eigenvalue weighted by Gasteiger charge is -2.11. The molecule has 3 aromatic rings. The van der Waals surface area contributed by atoms with Crippen LogP contribution in [-0.2, 0) is 13.2 Å². The first-order valence-electron chi connectivity index (χ1n) is 8.92. The number of hydrogen-bond acceptors (Lipinski definition) is 4. The van der Waals surface area contributed by atoms with Gasteiger partial charge in [0.1, 0.15) is 17.3 Å². The monoisotopic (exact) mass is 445 g/mol. The predicted octanol–water partition coefficient (Wildman–Crippen LogP) is 5.77. The molecule has 4 nitrogen and oxygen atoms in total. The third-order valence-electron chi connectivity index (χ3n) is 4.38. The summed E-state index contributed by atoms with van der Waals surface area (Å²) in [6, 6.07) is 18.9. The molecule has 0 amide bonds. The summed E-state index contributed by atoms with van der Waals surface area (Å²) in [6.45, 7) is 1.24. The van der Waals surface area contributed by atoms with Crippen molar-refractivity contribution in [3.63, 3.8) is 0 Å². The van der Waals surface area contributed by atoms with Gasteiger partial charge < -0.3 is 19.5 Å². The van der Waals surface area contributed by atoms with E-state index < -0.39 is 0 Å². The Morgan fingerprint density at radius 1 is 0.931 bits per heavy atom. The minimum absolute atomic E-state index is 0.264. The molecule has 0 aromatic heterocycles. The Kier molecular flexibility index (Phi) is 6.09. The van der Waals surface area contributed by atoms with Crippen LogP contribution in [0, 0.1) is 0 Å². The lowest BCUT2D eigenvalue weighted by Crippen LogP contribution is -2.21. The van der Waals surface area contributed by atoms with Crippen molar-refractivity contribution < 1.29 is 14.2 Å². The molecule has 0 radical (unpaired) electrons. The smallest absolute Gasteiger partial charge is 0.231 e. The van der Waals surface area contributed by atoms with Crippen molar-refractivity contribution in [2.75, 3.05) is 6.79 Å². The van der Waals surface area contributed by atoms with Gasteiger partial charge in [0, 0.05) is 12.1 Å². The first-order valence-corrected chi connectivity index (χ1v) is 10.1. The lowest BCUT2D eigenvalue weighted by molar-refractivity contribution is 0.174. The van der Waals surface area contributed by atoms with Crippen molar-refractivity contribution in [2.45, 2.75) is 13.2 Å². The highest BCUT2D eigenvalue weighted by Crippen LogP contribution is 2.32. The number of thiocarbonyl (C=S) groups is 1. The highest BCUT2D eigenvalue weighted by molar-refractivity contribution is 7.80. The maximum Gasteiger partial charge on any atom is 0.231 e. The molecule has 3 aromatic carbocycles. The van der Waals surface area contributed by atoms with Crippen molar-refractivity contribution in [3.8, 4) is 17.2 Å². The molecule has 148 valence electrons. The van der Waals surface area contributed by atoms with E-state index in [2.05, 4.69) is 5.32 Å². The van der Waals surface area contributed by atoms with Gasteiger partial charge in [0.25, 0.3) is 0 Å². The number of hydrogen-bond donors (Lipinski definition) is 1. The molecule has 0 atom stereocenters. The van der Waals surface area contributed by atoms with E-state index in [4.69, 9.17) is 49.6 Å². The number of nitrogens with one attached hydrogen (secondary N) is 1. The van der Waals surface area contributed by atoms with E-state index in [1.807, 2.05) is 48.5 Å². The minimum Gasteiger partial charge on any atom is -0.489 e. The first-order chi connectivity index (χ1) is 14.1. The molecular formula is C22H17Cl2NO3S. The van der Waals surface area contributed by atoms with Crippen LogP contribution >= 0.6 is 35.4 Å². The summed E-state index contributed by atoms with van der Waals surface area (Å²) in [5.41, 5.74) is 2.88. The van der Waals surface area contributed by atoms with Gasteiger partial charge in [-0.15, -0.1) is 0 Å². The second-order valence-corrected chi connectivity index (χ2v) is 7.66. The van der Waals surface area contributed by atoms with Crippen LogP contribution in [0.3, 0.4) is 0 Å². The Morgan fingerprint density at radius 3 is 2.62 bits per heavy atom. The number of halogens is 2. The van der Waals surface area contributed by atoms with Crippen molar-refractivity contribution in [2.24, 2.45) is 0 Å². The van der Waals surface area contributed by atoms with E-state index in [1.165, 1.54) is 0 Å². The van der Waals surface area contributed by atoms with Crippen LogP contribution in [-0.4, -0.2) is 11.8 Å². The van der Waals surface area contributed by atoms with E-state index in [9.17, 15) is 0 Å². The summed E-state index contributed by atoms with van der Waals surface area (Å²) in [6.07, 6.45) is 0. The third-order valence-corrected chi connectivity index (χ3v) is 5.49. The molecule has 7 heteroatoms. The van der Waals surface area contributed by atoms with Crippen molar-refractivity contribution in [1.82, 2.24) is 5.32 Å². The van der Waals surface area contributed by atoms with E-state index in [0.717, 1.165) is 33.9 Å². The largest absolute Gasteiger partial charge is 0.489 e. The van der Waals surface area contributed by atoms with Crippen LogP contribution < -0.4 is 19.5 Å². The SMILES string of the molecule is S=C(NCc1ccc2c(c1)OCO2)c1cccc(OCc2ccc(Cl)c(Cl)c2)c1. The molecule has 1 heterocycles. The van der Waals surface area contributed by atoms with Gasteiger partial charge in [-0.2, -0.15) is 0 Å². The topological polar surface area (TPSA) is 39.7 Å². The van der Waals surface area contributed by atoms with Crippen LogP contribution in [0.1, 0.15) is 16.7 Å². The fourth-order valence-corrected chi connectivity index (χ4v) is 3.38. The van der Waals surface area contributed by atoms with Gasteiger partial charge in [0.05, 0.1) is 10.0 Å². The highest BCUT2D eigenvalue weighted by Gasteiger charge is 2.13. The molecule has 0 aliphatic carbocycles. The Balaban J connectivity index is 1.36. The molecule has 29 heavy (non-hydrogen) atoms. The van der Waals surface area contributed by atoms with Gasteiger partial charge in [-0.3, -0.25) is 0 Å². The molecule has 0 fully saturated rings. The second kappa shape index (κ2) is 8.91. The van der Waals surface area contributed by atoms with Gasteiger partial charge in [-0.25, -0.2) is 0 Å². The van der Waals surface area contributed by atoms with E-state index in [0.29, 0.717) is 28.2 Å². The molecular weight excluding hydrogens is 429 g/mol. The van der Waals surface area contributed by atoms with E-state index in [1.54, 1.807) is 12.1 Å². The van der Waals surface area contributed by atoms with Crippen LogP contribution in [0.2, 0.25) is 10.0 Å². The Hall–Kier alpha value is -2.47. The summed E-state index contributed by atoms with van der Waals surface area (Å²) in [5, 5.41) is 4.30. The van der Waals surface area contributed by atoms with Gasteiger partial charge in [0.2, 0.25) is 6.79 Å². The van der Waals surface area contributed by atoms with Gasteiger partial charge in [-0.05, 0) is 47.5 Å². The summed E-state index contributed by atoms with van der Waals surface area (Å²) in [5.74, 6) is 2.25. The van der Waals surface area contributed by atoms with Crippen LogP contribution in [0.4, 0.5) is 0 Å². The number of fused-ring (bicyclic) bond motifs is 1. The first kappa shape index (κ1) is 19.8. The molecule has 0 saturated carbocycles. The quantitative estimate of drug-likeness (QED) is 0.487. The van der Waals surface area contributed by atoms with Crippen LogP contribution in [0.25, 0.3) is 0 Å². The molecule has 0 bridgehead atoms. The van der Waals surface area contributed by atoms with Crippen LogP contribution in [0.5, 0.6) is 17.2 Å². The molecule has 1 N–H and O–H groups in total. The molecule has 4 rings (SSSR count). The molecule has 1 aliphatic heterocycles. The number of benzene rings is 3. The summed E-state index contributed by atoms with van der Waals surface area (Å²) in [7, 11) is 0. The van der Waals surface area contributed by atoms with Crippen LogP contribution in [0.15, 0.2) is 60.7 Å². The fourth-order valence-electron chi connectivity index (χ4n) is 2.86. The Morgan fingerprint density at radius 2 is 1.76 bits per heavy atom. The van der Waals surface area contributed by atoms with Gasteiger partial charge in [-0.1, -0.05) is 59.7 Å². The average molecular weight is 446 g/mol. The maximum atomic E-state index is 6.05. The Bertz CT molecular complexity index is 1060. The second-order valence-electron chi connectivity index (χ2n) is 6.44. The zero-order valence-corrected chi connectivity index (χ0v) is 17.6. The minimum atomic E-state index is 0.264.